The standard InChI is InChI=1S/C26H30N4O3/c1-16(2)13-14-30-18(4)22(23(27-26(30)31)19-11-9-17(3)10-12-19)25-28-24(29-33-25)20-7-6-8-21(15-20)32-5/h6-12,15-16,23H,13-14H2,1-5H3,(H,27,31). The number of nitrogens with zero attached hydrogens (tertiary/aromatic N) is 3. The third-order valence-corrected chi connectivity index (χ3v) is 5.92. The van der Waals surface area contributed by atoms with Gasteiger partial charge in [0.15, 0.2) is 0 Å². The molecule has 0 fully saturated rings. The number of hydrogen-bond donors (Lipinski definition) is 1. The van der Waals surface area contributed by atoms with Crippen molar-refractivity contribution in [3.63, 3.8) is 0 Å². The number of benzene rings is 2. The second kappa shape index (κ2) is 9.48. The summed E-state index contributed by atoms with van der Waals surface area (Å²) in [6.07, 6.45) is 0.895. The number of carbonyl (C=O) groups excluding carboxylic acids is 1. The molecule has 2 amide bonds. The molecule has 7 heteroatoms. The van der Waals surface area contributed by atoms with E-state index in [4.69, 9.17) is 14.2 Å². The van der Waals surface area contributed by atoms with Gasteiger partial charge in [0.2, 0.25) is 5.82 Å². The van der Waals surface area contributed by atoms with Gasteiger partial charge in [-0.2, -0.15) is 4.98 Å². The Morgan fingerprint density at radius 3 is 2.61 bits per heavy atom. The van der Waals surface area contributed by atoms with Crippen LogP contribution in [0.1, 0.15) is 50.3 Å². The lowest BCUT2D eigenvalue weighted by atomic mass is 9.94. The molecule has 2 aromatic carbocycles. The number of carbonyl (C=O) groups is 1. The third-order valence-electron chi connectivity index (χ3n) is 5.92. The van der Waals surface area contributed by atoms with Gasteiger partial charge in [-0.1, -0.05) is 61.0 Å². The fraction of sp³-hybridized carbons (Fsp3) is 0.346. The lowest BCUT2D eigenvalue weighted by Gasteiger charge is -2.35. The van der Waals surface area contributed by atoms with Gasteiger partial charge in [-0.25, -0.2) is 4.79 Å². The van der Waals surface area contributed by atoms with E-state index >= 15 is 0 Å². The molecule has 33 heavy (non-hydrogen) atoms. The summed E-state index contributed by atoms with van der Waals surface area (Å²) in [5.74, 6) is 2.06. The minimum Gasteiger partial charge on any atom is -0.497 e. The van der Waals surface area contributed by atoms with Gasteiger partial charge in [-0.15, -0.1) is 0 Å². The van der Waals surface area contributed by atoms with E-state index in [1.807, 2.05) is 62.4 Å². The van der Waals surface area contributed by atoms with E-state index in [0.29, 0.717) is 24.2 Å². The quantitative estimate of drug-likeness (QED) is 0.511. The van der Waals surface area contributed by atoms with E-state index in [-0.39, 0.29) is 12.1 Å². The first-order valence-corrected chi connectivity index (χ1v) is 11.2. The lowest BCUT2D eigenvalue weighted by Crippen LogP contribution is -2.46. The summed E-state index contributed by atoms with van der Waals surface area (Å²) in [6, 6.07) is 15.2. The normalized spacial score (nSPS) is 16.4. The number of allylic oxidation sites excluding steroid dienone is 1. The highest BCUT2D eigenvalue weighted by Crippen LogP contribution is 2.37. The summed E-state index contributed by atoms with van der Waals surface area (Å²) < 4.78 is 11.1. The average Bonchev–Trinajstić information content (AvgIpc) is 3.28. The number of methoxy groups -OCH3 is 1. The van der Waals surface area contributed by atoms with Crippen LogP contribution in [0.3, 0.4) is 0 Å². The second-order valence-electron chi connectivity index (χ2n) is 8.78. The van der Waals surface area contributed by atoms with Crippen molar-refractivity contribution in [2.45, 2.75) is 40.2 Å². The molecule has 1 unspecified atom stereocenters. The fourth-order valence-corrected chi connectivity index (χ4v) is 3.94. The molecule has 7 nitrogen and oxygen atoms in total. The summed E-state index contributed by atoms with van der Waals surface area (Å²) in [4.78, 5) is 19.5. The van der Waals surface area contributed by atoms with Crippen LogP contribution in [0, 0.1) is 12.8 Å². The van der Waals surface area contributed by atoms with Gasteiger partial charge in [-0.3, -0.25) is 4.90 Å². The highest BCUT2D eigenvalue weighted by Gasteiger charge is 2.35. The predicted octanol–water partition coefficient (Wildman–Crippen LogP) is 5.60. The van der Waals surface area contributed by atoms with Crippen LogP contribution in [-0.2, 0) is 0 Å². The van der Waals surface area contributed by atoms with Crippen LogP contribution in [0.5, 0.6) is 5.75 Å². The molecule has 1 aromatic heterocycles. The molecule has 0 bridgehead atoms. The average molecular weight is 447 g/mol. The number of amides is 2. The summed E-state index contributed by atoms with van der Waals surface area (Å²) in [5.41, 5.74) is 4.55. The van der Waals surface area contributed by atoms with E-state index in [0.717, 1.165) is 40.1 Å². The molecule has 0 spiro atoms. The van der Waals surface area contributed by atoms with Crippen molar-refractivity contribution >= 4 is 11.6 Å². The molecule has 0 radical (unpaired) electrons. The molecule has 1 atom stereocenters. The van der Waals surface area contributed by atoms with Gasteiger partial charge in [-0.05, 0) is 43.9 Å². The number of nitrogens with one attached hydrogen (secondary N) is 1. The maximum Gasteiger partial charge on any atom is 0.322 e. The van der Waals surface area contributed by atoms with Crippen LogP contribution in [0.25, 0.3) is 17.0 Å². The van der Waals surface area contributed by atoms with E-state index in [1.54, 1.807) is 12.0 Å². The largest absolute Gasteiger partial charge is 0.497 e. The van der Waals surface area contributed by atoms with Crippen LogP contribution in [0.2, 0.25) is 0 Å². The smallest absolute Gasteiger partial charge is 0.322 e. The molecule has 4 rings (SSSR count). The van der Waals surface area contributed by atoms with Crippen LogP contribution >= 0.6 is 0 Å². The molecular formula is C26H30N4O3. The van der Waals surface area contributed by atoms with Gasteiger partial charge < -0.3 is 14.6 Å². The zero-order valence-electron chi connectivity index (χ0n) is 19.8. The number of hydrogen-bond acceptors (Lipinski definition) is 5. The highest BCUT2D eigenvalue weighted by molar-refractivity contribution is 5.86. The molecule has 0 saturated heterocycles. The van der Waals surface area contributed by atoms with Crippen molar-refractivity contribution in [1.29, 1.82) is 0 Å². The molecule has 1 aliphatic rings. The van der Waals surface area contributed by atoms with E-state index in [9.17, 15) is 4.79 Å². The van der Waals surface area contributed by atoms with Crippen LogP contribution in [0.4, 0.5) is 4.79 Å². The lowest BCUT2D eigenvalue weighted by molar-refractivity contribution is 0.202. The van der Waals surface area contributed by atoms with E-state index in [2.05, 4.69) is 24.3 Å². The maximum atomic E-state index is 13.0. The molecule has 172 valence electrons. The van der Waals surface area contributed by atoms with Crippen molar-refractivity contribution in [2.75, 3.05) is 13.7 Å². The third kappa shape index (κ3) is 4.77. The Morgan fingerprint density at radius 1 is 1.15 bits per heavy atom. The molecule has 1 aliphatic heterocycles. The van der Waals surface area contributed by atoms with Crippen molar-refractivity contribution in [1.82, 2.24) is 20.4 Å². The Hall–Kier alpha value is -3.61. The molecule has 3 aromatic rings. The van der Waals surface area contributed by atoms with Crippen LogP contribution < -0.4 is 10.1 Å². The van der Waals surface area contributed by atoms with Crippen molar-refractivity contribution in [3.8, 4) is 17.1 Å². The molecule has 0 aliphatic carbocycles. The Morgan fingerprint density at radius 2 is 1.91 bits per heavy atom. The predicted molar refractivity (Wildman–Crippen MR) is 127 cm³/mol. The van der Waals surface area contributed by atoms with Gasteiger partial charge in [0.25, 0.3) is 5.89 Å². The van der Waals surface area contributed by atoms with Crippen LogP contribution in [-0.4, -0.2) is 34.7 Å². The van der Waals surface area contributed by atoms with Crippen molar-refractivity contribution in [2.24, 2.45) is 5.92 Å². The Kier molecular flexibility index (Phi) is 6.49. The first-order chi connectivity index (χ1) is 15.9. The Bertz CT molecular complexity index is 1160. The van der Waals surface area contributed by atoms with Crippen molar-refractivity contribution < 1.29 is 14.1 Å². The van der Waals surface area contributed by atoms with Gasteiger partial charge in [0.1, 0.15) is 5.75 Å². The maximum absolute atomic E-state index is 13.0. The number of aromatic nitrogens is 2. The van der Waals surface area contributed by atoms with Crippen molar-refractivity contribution in [3.05, 3.63) is 71.2 Å². The Balaban J connectivity index is 1.78. The summed E-state index contributed by atoms with van der Waals surface area (Å²) in [7, 11) is 1.62. The molecular weight excluding hydrogens is 416 g/mol. The SMILES string of the molecule is COc1cccc(-c2noc(C3=C(C)N(CCC(C)C)C(=O)NC3c3ccc(C)cc3)n2)c1. The fourth-order valence-electron chi connectivity index (χ4n) is 3.94. The minimum absolute atomic E-state index is 0.116. The zero-order valence-corrected chi connectivity index (χ0v) is 19.8. The summed E-state index contributed by atoms with van der Waals surface area (Å²) in [6.45, 7) is 8.91. The number of rotatable bonds is 7. The number of ether oxygens (including phenoxy) is 1. The van der Waals surface area contributed by atoms with Gasteiger partial charge in [0.05, 0.1) is 18.7 Å². The van der Waals surface area contributed by atoms with E-state index in [1.165, 1.54) is 0 Å². The minimum atomic E-state index is -0.382. The Labute approximate surface area is 194 Å². The molecule has 2 heterocycles. The highest BCUT2D eigenvalue weighted by atomic mass is 16.5. The van der Waals surface area contributed by atoms with E-state index < -0.39 is 0 Å². The monoisotopic (exact) mass is 446 g/mol. The summed E-state index contributed by atoms with van der Waals surface area (Å²) in [5, 5.41) is 7.38. The van der Waals surface area contributed by atoms with Crippen LogP contribution in [0.15, 0.2) is 58.8 Å². The topological polar surface area (TPSA) is 80.5 Å². The number of aryl methyl sites for hydroxylation is 1. The first kappa shape index (κ1) is 22.6. The van der Waals surface area contributed by atoms with Gasteiger partial charge in [0, 0.05) is 17.8 Å². The first-order valence-electron chi connectivity index (χ1n) is 11.2. The molecule has 1 N–H and O–H groups in total. The number of urea groups is 1. The second-order valence-corrected chi connectivity index (χ2v) is 8.78. The molecule has 0 saturated carbocycles. The zero-order chi connectivity index (χ0) is 23.5. The van der Waals surface area contributed by atoms with Gasteiger partial charge >= 0.3 is 6.03 Å². The summed E-state index contributed by atoms with van der Waals surface area (Å²) >= 11 is 0.